The molecule has 4 heteroatoms. The molecule has 0 spiro atoms. The fourth-order valence-corrected chi connectivity index (χ4v) is 2.47. The van der Waals surface area contributed by atoms with Crippen molar-refractivity contribution in [3.05, 3.63) is 42.7 Å². The summed E-state index contributed by atoms with van der Waals surface area (Å²) in [5.41, 5.74) is 7.77. The van der Waals surface area contributed by atoms with Gasteiger partial charge in [-0.3, -0.25) is 0 Å². The summed E-state index contributed by atoms with van der Waals surface area (Å²) in [6.07, 6.45) is 7.00. The van der Waals surface area contributed by atoms with E-state index >= 15 is 0 Å². The minimum absolute atomic E-state index is 0.395. The maximum absolute atomic E-state index is 6.19. The lowest BCUT2D eigenvalue weighted by molar-refractivity contribution is 0.417. The largest absolute Gasteiger partial charge is 0.496 e. The van der Waals surface area contributed by atoms with Gasteiger partial charge in [0.25, 0.3) is 0 Å². The Morgan fingerprint density at radius 1 is 1.29 bits per heavy atom. The number of fused-ring (bicyclic) bond motifs is 1. The van der Waals surface area contributed by atoms with E-state index in [4.69, 9.17) is 16.9 Å². The summed E-state index contributed by atoms with van der Waals surface area (Å²) in [5.74, 6) is 3.85. The summed E-state index contributed by atoms with van der Waals surface area (Å²) in [7, 11) is 1.64. The van der Waals surface area contributed by atoms with Crippen molar-refractivity contribution in [2.24, 2.45) is 0 Å². The van der Waals surface area contributed by atoms with E-state index in [-0.39, 0.29) is 0 Å². The molecule has 3 aromatic rings. The first-order chi connectivity index (χ1) is 10.3. The molecule has 0 saturated carbocycles. The second kappa shape index (κ2) is 5.22. The highest BCUT2D eigenvalue weighted by Gasteiger charge is 2.17. The van der Waals surface area contributed by atoms with Crippen LogP contribution in [0.4, 0.5) is 5.82 Å². The van der Waals surface area contributed by atoms with Crippen LogP contribution in [0.15, 0.2) is 42.7 Å². The average Bonchev–Trinajstić information content (AvgIpc) is 2.87. The van der Waals surface area contributed by atoms with Crippen molar-refractivity contribution in [3.8, 4) is 29.4 Å². The summed E-state index contributed by atoms with van der Waals surface area (Å²) in [6.45, 7) is 0.395. The maximum Gasteiger partial charge on any atom is 0.132 e. The molecule has 0 bridgehead atoms. The van der Waals surface area contributed by atoms with Crippen LogP contribution in [0.1, 0.15) is 0 Å². The van der Waals surface area contributed by atoms with E-state index in [0.717, 1.165) is 22.1 Å². The summed E-state index contributed by atoms with van der Waals surface area (Å²) in [6, 6.07) is 12.0. The van der Waals surface area contributed by atoms with E-state index in [9.17, 15) is 0 Å². The van der Waals surface area contributed by atoms with Crippen LogP contribution in [0.2, 0.25) is 0 Å². The lowest BCUT2D eigenvalue weighted by Gasteiger charge is -2.11. The highest BCUT2D eigenvalue weighted by atomic mass is 16.5. The first-order valence-electron chi connectivity index (χ1n) is 6.56. The molecule has 4 nitrogen and oxygen atoms in total. The van der Waals surface area contributed by atoms with Crippen LogP contribution in [0.5, 0.6) is 5.75 Å². The van der Waals surface area contributed by atoms with Gasteiger partial charge in [0, 0.05) is 0 Å². The molecule has 0 aliphatic rings. The van der Waals surface area contributed by atoms with Gasteiger partial charge in [-0.05, 0) is 16.8 Å². The Balaban J connectivity index is 2.31. The van der Waals surface area contributed by atoms with Gasteiger partial charge in [-0.25, -0.2) is 4.98 Å². The zero-order valence-electron chi connectivity index (χ0n) is 11.7. The Bertz CT molecular complexity index is 843. The van der Waals surface area contributed by atoms with Crippen LogP contribution in [0, 0.1) is 12.3 Å². The quantitative estimate of drug-likeness (QED) is 0.749. The Hall–Kier alpha value is -2.93. The molecular formula is C17H15N3O. The van der Waals surface area contributed by atoms with E-state index in [1.54, 1.807) is 18.0 Å². The molecule has 0 aliphatic carbocycles. The predicted molar refractivity (Wildman–Crippen MR) is 85.0 cm³/mol. The molecule has 2 aromatic carbocycles. The van der Waals surface area contributed by atoms with Gasteiger partial charge in [0.05, 0.1) is 25.5 Å². The molecule has 0 unspecified atom stereocenters. The summed E-state index contributed by atoms with van der Waals surface area (Å²) in [4.78, 5) is 4.43. The minimum atomic E-state index is 0.395. The highest BCUT2D eigenvalue weighted by molar-refractivity contribution is 6.00. The van der Waals surface area contributed by atoms with Gasteiger partial charge in [-0.1, -0.05) is 36.3 Å². The lowest BCUT2D eigenvalue weighted by atomic mass is 10.0. The molecule has 3 rings (SSSR count). The average molecular weight is 277 g/mol. The van der Waals surface area contributed by atoms with E-state index in [1.807, 2.05) is 36.4 Å². The fourth-order valence-electron chi connectivity index (χ4n) is 2.47. The van der Waals surface area contributed by atoms with E-state index in [1.165, 1.54) is 0 Å². The summed E-state index contributed by atoms with van der Waals surface area (Å²) >= 11 is 0. The molecule has 104 valence electrons. The number of methoxy groups -OCH3 is 1. The number of anilines is 1. The number of hydrogen-bond acceptors (Lipinski definition) is 3. The van der Waals surface area contributed by atoms with Crippen molar-refractivity contribution in [1.29, 1.82) is 0 Å². The van der Waals surface area contributed by atoms with Gasteiger partial charge in [0.1, 0.15) is 17.3 Å². The number of nitrogen functional groups attached to an aromatic ring is 1. The van der Waals surface area contributed by atoms with Crippen LogP contribution in [0.25, 0.3) is 22.0 Å². The van der Waals surface area contributed by atoms with Crippen molar-refractivity contribution < 1.29 is 4.74 Å². The number of nitrogens with two attached hydrogens (primary N) is 1. The molecule has 1 aromatic heterocycles. The van der Waals surface area contributed by atoms with Gasteiger partial charge in [0.2, 0.25) is 0 Å². The number of rotatable bonds is 3. The number of ether oxygens (including phenoxy) is 1. The minimum Gasteiger partial charge on any atom is -0.496 e. The number of imidazole rings is 1. The van der Waals surface area contributed by atoms with Crippen molar-refractivity contribution in [1.82, 2.24) is 9.55 Å². The molecule has 21 heavy (non-hydrogen) atoms. The molecule has 1 heterocycles. The fraction of sp³-hybridized carbons (Fsp3) is 0.118. The van der Waals surface area contributed by atoms with Gasteiger partial charge in [-0.2, -0.15) is 0 Å². The van der Waals surface area contributed by atoms with Crippen molar-refractivity contribution in [2.75, 3.05) is 12.8 Å². The van der Waals surface area contributed by atoms with Gasteiger partial charge < -0.3 is 15.0 Å². The van der Waals surface area contributed by atoms with Gasteiger partial charge >= 0.3 is 0 Å². The zero-order chi connectivity index (χ0) is 14.8. The number of aromatic nitrogens is 2. The third-order valence-electron chi connectivity index (χ3n) is 3.49. The van der Waals surface area contributed by atoms with Gasteiger partial charge in [0.15, 0.2) is 0 Å². The summed E-state index contributed by atoms with van der Waals surface area (Å²) in [5, 5.41) is 2.16. The van der Waals surface area contributed by atoms with Gasteiger partial charge in [-0.15, -0.1) is 6.42 Å². The zero-order valence-corrected chi connectivity index (χ0v) is 11.7. The normalized spacial score (nSPS) is 10.5. The second-order valence-corrected chi connectivity index (χ2v) is 4.67. The van der Waals surface area contributed by atoms with E-state index in [2.05, 4.69) is 10.9 Å². The molecule has 0 atom stereocenters. The van der Waals surface area contributed by atoms with Crippen LogP contribution < -0.4 is 10.5 Å². The molecule has 0 fully saturated rings. The number of terminal acetylenes is 1. The molecule has 2 N–H and O–H groups in total. The highest BCUT2D eigenvalue weighted by Crippen LogP contribution is 2.38. The summed E-state index contributed by atoms with van der Waals surface area (Å²) < 4.78 is 7.23. The molecule has 0 radical (unpaired) electrons. The lowest BCUT2D eigenvalue weighted by Crippen LogP contribution is -2.01. The number of hydrogen-bond donors (Lipinski definition) is 1. The monoisotopic (exact) mass is 277 g/mol. The Morgan fingerprint density at radius 2 is 2.10 bits per heavy atom. The smallest absolute Gasteiger partial charge is 0.132 e. The topological polar surface area (TPSA) is 53.1 Å². The molecular weight excluding hydrogens is 262 g/mol. The van der Waals surface area contributed by atoms with E-state index < -0.39 is 0 Å². The Labute approximate surface area is 123 Å². The van der Waals surface area contributed by atoms with Crippen LogP contribution >= 0.6 is 0 Å². The number of nitrogens with zero attached hydrogens (tertiary/aromatic N) is 2. The maximum atomic E-state index is 6.19. The Kier molecular flexibility index (Phi) is 3.25. The SMILES string of the molecule is C#CCn1cnc(-c2c(OC)ccc3ccccc23)c1N. The Morgan fingerprint density at radius 3 is 2.86 bits per heavy atom. The van der Waals surface area contributed by atoms with E-state index in [0.29, 0.717) is 18.1 Å². The third kappa shape index (κ3) is 2.09. The standard InChI is InChI=1S/C17H15N3O/c1-3-10-20-11-19-16(17(20)18)15-13-7-5-4-6-12(13)8-9-14(15)21-2/h1,4-9,11H,10,18H2,2H3. The van der Waals surface area contributed by atoms with Crippen molar-refractivity contribution in [3.63, 3.8) is 0 Å². The van der Waals surface area contributed by atoms with Crippen LogP contribution in [0.3, 0.4) is 0 Å². The molecule has 0 saturated heterocycles. The van der Waals surface area contributed by atoms with Crippen LogP contribution in [-0.4, -0.2) is 16.7 Å². The van der Waals surface area contributed by atoms with Crippen molar-refractivity contribution >= 4 is 16.6 Å². The molecule has 0 amide bonds. The third-order valence-corrected chi connectivity index (χ3v) is 3.49. The van der Waals surface area contributed by atoms with Crippen molar-refractivity contribution in [2.45, 2.75) is 6.54 Å². The predicted octanol–water partition coefficient (Wildman–Crippen LogP) is 2.93. The number of benzene rings is 2. The first kappa shape index (κ1) is 13.1. The second-order valence-electron chi connectivity index (χ2n) is 4.67. The first-order valence-corrected chi connectivity index (χ1v) is 6.56. The van der Waals surface area contributed by atoms with Crippen LogP contribution in [-0.2, 0) is 6.54 Å². The molecule has 0 aliphatic heterocycles.